The van der Waals surface area contributed by atoms with Crippen LogP contribution >= 0.6 is 0 Å². The van der Waals surface area contributed by atoms with Crippen LogP contribution in [0.2, 0.25) is 0 Å². The van der Waals surface area contributed by atoms with Gasteiger partial charge in [0.1, 0.15) is 18.8 Å². The van der Waals surface area contributed by atoms with Gasteiger partial charge in [0.25, 0.3) is 0 Å². The summed E-state index contributed by atoms with van der Waals surface area (Å²) in [6.45, 7) is 5.36. The molecule has 27 heavy (non-hydrogen) atoms. The fraction of sp³-hybridized carbons (Fsp3) is 0.688. The molecule has 0 aromatic rings. The Bertz CT molecular complexity index is 604. The summed E-state index contributed by atoms with van der Waals surface area (Å²) in [4.78, 5) is 57.2. The first-order chi connectivity index (χ1) is 12.5. The van der Waals surface area contributed by atoms with Gasteiger partial charge in [-0.3, -0.25) is 24.0 Å². The van der Waals surface area contributed by atoms with E-state index in [2.05, 4.69) is 5.32 Å². The summed E-state index contributed by atoms with van der Waals surface area (Å²) < 4.78 is 25.9. The van der Waals surface area contributed by atoms with Crippen LogP contribution < -0.4 is 5.32 Å². The van der Waals surface area contributed by atoms with Crippen molar-refractivity contribution >= 4 is 29.8 Å². The molecule has 1 rings (SSSR count). The van der Waals surface area contributed by atoms with Crippen LogP contribution in [0.5, 0.6) is 0 Å². The minimum atomic E-state index is -1.37. The minimum absolute atomic E-state index is 0.365. The Morgan fingerprint density at radius 2 is 1.30 bits per heavy atom. The van der Waals surface area contributed by atoms with Gasteiger partial charge in [-0.05, 0) is 0 Å². The molecule has 0 aromatic heterocycles. The third-order valence-corrected chi connectivity index (χ3v) is 3.35. The number of ether oxygens (including phenoxy) is 5. The average molecular weight is 389 g/mol. The molecule has 11 heteroatoms. The number of amides is 1. The Balaban J connectivity index is 3.29. The zero-order chi connectivity index (χ0) is 20.7. The van der Waals surface area contributed by atoms with Crippen molar-refractivity contribution in [1.29, 1.82) is 0 Å². The van der Waals surface area contributed by atoms with Crippen LogP contribution in [0.25, 0.3) is 0 Å². The van der Waals surface area contributed by atoms with Gasteiger partial charge in [-0.15, -0.1) is 0 Å². The van der Waals surface area contributed by atoms with Crippen molar-refractivity contribution in [1.82, 2.24) is 5.32 Å². The van der Waals surface area contributed by atoms with E-state index in [1.165, 1.54) is 6.92 Å². The van der Waals surface area contributed by atoms with E-state index in [9.17, 15) is 24.0 Å². The van der Waals surface area contributed by atoms with E-state index >= 15 is 0 Å². The quantitative estimate of drug-likeness (QED) is 0.453. The largest absolute Gasteiger partial charge is 0.463 e. The molecule has 1 aliphatic rings. The predicted octanol–water partition coefficient (Wildman–Crippen LogP) is -0.794. The van der Waals surface area contributed by atoms with Crippen LogP contribution in [-0.4, -0.2) is 67.0 Å². The lowest BCUT2D eigenvalue weighted by Gasteiger charge is -2.44. The summed E-state index contributed by atoms with van der Waals surface area (Å²) in [5.41, 5.74) is 0. The Hall–Kier alpha value is -2.69. The van der Waals surface area contributed by atoms with E-state index < -0.39 is 60.4 Å². The highest BCUT2D eigenvalue weighted by atomic mass is 16.7. The number of hydrogen-bond acceptors (Lipinski definition) is 10. The van der Waals surface area contributed by atoms with Gasteiger partial charge in [0, 0.05) is 34.6 Å². The molecule has 1 saturated heterocycles. The molecule has 1 N–H and O–H groups in total. The van der Waals surface area contributed by atoms with Crippen molar-refractivity contribution in [2.75, 3.05) is 6.61 Å². The van der Waals surface area contributed by atoms with Gasteiger partial charge in [-0.2, -0.15) is 0 Å². The van der Waals surface area contributed by atoms with Gasteiger partial charge in [0.2, 0.25) is 12.2 Å². The van der Waals surface area contributed by atoms with E-state index in [-0.39, 0.29) is 6.61 Å². The number of rotatable bonds is 6. The summed E-state index contributed by atoms with van der Waals surface area (Å²) in [6, 6.07) is -1.16. The number of carbonyl (C=O) groups excluding carboxylic acids is 5. The smallest absolute Gasteiger partial charge is 0.305 e. The van der Waals surface area contributed by atoms with Gasteiger partial charge in [-0.1, -0.05) is 0 Å². The Labute approximate surface area is 155 Å². The molecule has 5 atom stereocenters. The first-order valence-electron chi connectivity index (χ1n) is 8.08. The predicted molar refractivity (Wildman–Crippen MR) is 85.8 cm³/mol. The van der Waals surface area contributed by atoms with E-state index in [1.54, 1.807) is 0 Å². The van der Waals surface area contributed by atoms with Crippen LogP contribution in [0.4, 0.5) is 0 Å². The number of nitrogens with one attached hydrogen (secondary N) is 1. The van der Waals surface area contributed by atoms with E-state index in [0.29, 0.717) is 0 Å². The van der Waals surface area contributed by atoms with E-state index in [1.807, 2.05) is 0 Å². The van der Waals surface area contributed by atoms with Crippen molar-refractivity contribution in [3.8, 4) is 0 Å². The summed E-state index contributed by atoms with van der Waals surface area (Å²) in [6.07, 6.45) is -4.97. The first kappa shape index (κ1) is 22.4. The summed E-state index contributed by atoms with van der Waals surface area (Å²) >= 11 is 0. The molecule has 1 fully saturated rings. The standard InChI is InChI=1S/C16H23NO10/c1-7(18)17-13-15(25-10(4)21)14(24-9(3)20)12(6-23-8(2)19)27-16(13)26-11(5)22/h12-16H,6H2,1-5H3,(H,17,18)/t12?,13-,14?,15?,16-/m1/s1. The third kappa shape index (κ3) is 7.21. The lowest BCUT2D eigenvalue weighted by Crippen LogP contribution is -2.66. The zero-order valence-electron chi connectivity index (χ0n) is 15.7. The SMILES string of the molecule is CC(=O)N[C@@H]1C(OC(C)=O)C(OC(C)=O)C(COC(C)=O)O[C@H]1OC(C)=O. The molecule has 1 amide bonds. The normalized spacial score (nSPS) is 27.1. The van der Waals surface area contributed by atoms with E-state index in [0.717, 1.165) is 27.7 Å². The zero-order valence-corrected chi connectivity index (χ0v) is 15.7. The third-order valence-electron chi connectivity index (χ3n) is 3.35. The van der Waals surface area contributed by atoms with Crippen LogP contribution in [-0.2, 0) is 47.7 Å². The average Bonchev–Trinajstić information content (AvgIpc) is 2.49. The second-order valence-electron chi connectivity index (χ2n) is 5.83. The highest BCUT2D eigenvalue weighted by Gasteiger charge is 2.52. The number of hydrogen-bond donors (Lipinski definition) is 1. The Morgan fingerprint density at radius 1 is 0.778 bits per heavy atom. The lowest BCUT2D eigenvalue weighted by molar-refractivity contribution is -0.270. The molecule has 3 unspecified atom stereocenters. The molecule has 1 heterocycles. The van der Waals surface area contributed by atoms with Crippen LogP contribution in [0.1, 0.15) is 34.6 Å². The lowest BCUT2D eigenvalue weighted by atomic mass is 9.96. The van der Waals surface area contributed by atoms with Crippen LogP contribution in [0, 0.1) is 0 Å². The first-order valence-corrected chi connectivity index (χ1v) is 8.08. The molecule has 0 bridgehead atoms. The maximum atomic E-state index is 11.6. The molecule has 0 aliphatic carbocycles. The topological polar surface area (TPSA) is 144 Å². The Morgan fingerprint density at radius 3 is 1.74 bits per heavy atom. The molecule has 152 valence electrons. The maximum Gasteiger partial charge on any atom is 0.305 e. The van der Waals surface area contributed by atoms with Crippen molar-refractivity contribution < 1.29 is 47.7 Å². The van der Waals surface area contributed by atoms with E-state index in [4.69, 9.17) is 23.7 Å². The summed E-state index contributed by atoms with van der Waals surface area (Å²) in [5, 5.41) is 2.46. The van der Waals surface area contributed by atoms with Crippen LogP contribution in [0.15, 0.2) is 0 Å². The van der Waals surface area contributed by atoms with Crippen molar-refractivity contribution in [3.63, 3.8) is 0 Å². The second kappa shape index (κ2) is 9.86. The van der Waals surface area contributed by atoms with Gasteiger partial charge < -0.3 is 29.0 Å². The highest BCUT2D eigenvalue weighted by Crippen LogP contribution is 2.28. The molecular weight excluding hydrogens is 366 g/mol. The highest BCUT2D eigenvalue weighted by molar-refractivity contribution is 5.74. The maximum absolute atomic E-state index is 11.6. The second-order valence-corrected chi connectivity index (χ2v) is 5.83. The fourth-order valence-electron chi connectivity index (χ4n) is 2.55. The van der Waals surface area contributed by atoms with Gasteiger partial charge >= 0.3 is 23.9 Å². The van der Waals surface area contributed by atoms with Crippen molar-refractivity contribution in [2.24, 2.45) is 0 Å². The van der Waals surface area contributed by atoms with Crippen molar-refractivity contribution in [3.05, 3.63) is 0 Å². The molecule has 1 aliphatic heterocycles. The minimum Gasteiger partial charge on any atom is -0.463 e. The van der Waals surface area contributed by atoms with Gasteiger partial charge in [-0.25, -0.2) is 0 Å². The van der Waals surface area contributed by atoms with Gasteiger partial charge in [0.15, 0.2) is 12.2 Å². The Kier molecular flexibility index (Phi) is 8.16. The number of carbonyl (C=O) groups is 5. The van der Waals surface area contributed by atoms with Gasteiger partial charge in [0.05, 0.1) is 0 Å². The molecule has 11 nitrogen and oxygen atoms in total. The summed E-state index contributed by atoms with van der Waals surface area (Å²) in [5.74, 6) is -3.34. The summed E-state index contributed by atoms with van der Waals surface area (Å²) in [7, 11) is 0. The van der Waals surface area contributed by atoms with Crippen molar-refractivity contribution in [2.45, 2.75) is 65.3 Å². The van der Waals surface area contributed by atoms with Crippen LogP contribution in [0.3, 0.4) is 0 Å². The molecule has 0 radical (unpaired) electrons. The molecular formula is C16H23NO10. The molecule has 0 saturated carbocycles. The molecule has 0 spiro atoms. The monoisotopic (exact) mass is 389 g/mol. The number of esters is 4. The fourth-order valence-corrected chi connectivity index (χ4v) is 2.55. The molecule has 0 aromatic carbocycles.